The van der Waals surface area contributed by atoms with Gasteiger partial charge in [-0.1, -0.05) is 12.2 Å². The first-order valence-corrected chi connectivity index (χ1v) is 8.43. The monoisotopic (exact) mass is 214 g/mol. The standard InChI is InChI=1S/C6H9Cl3Si/c7-10(8,9)6-4-2-1-3-5-6/h1-2,6H,3-5H2/t6-/m0/s1. The van der Waals surface area contributed by atoms with Crippen molar-refractivity contribution in [3.05, 3.63) is 12.2 Å². The van der Waals surface area contributed by atoms with Crippen molar-refractivity contribution in [3.8, 4) is 0 Å². The minimum atomic E-state index is -2.39. The summed E-state index contributed by atoms with van der Waals surface area (Å²) in [6, 6.07) is -2.39. The predicted octanol–water partition coefficient (Wildman–Crippen LogP) is 3.75. The Bertz CT molecular complexity index is 138. The number of hydrogen-bond donors (Lipinski definition) is 0. The summed E-state index contributed by atoms with van der Waals surface area (Å²) in [5.41, 5.74) is 0.350. The molecule has 0 N–H and O–H groups in total. The van der Waals surface area contributed by atoms with Crippen LogP contribution in [0.25, 0.3) is 0 Å². The van der Waals surface area contributed by atoms with E-state index < -0.39 is 6.00 Å². The fourth-order valence-electron chi connectivity index (χ4n) is 1.09. The van der Waals surface area contributed by atoms with Crippen molar-refractivity contribution in [3.63, 3.8) is 0 Å². The van der Waals surface area contributed by atoms with Gasteiger partial charge in [-0.05, 0) is 24.8 Å². The molecule has 10 heavy (non-hydrogen) atoms. The van der Waals surface area contributed by atoms with Crippen LogP contribution in [0.4, 0.5) is 0 Å². The molecule has 1 aliphatic carbocycles. The van der Waals surface area contributed by atoms with Gasteiger partial charge in [-0.2, -0.15) is 0 Å². The van der Waals surface area contributed by atoms with Crippen molar-refractivity contribution in [1.82, 2.24) is 0 Å². The molecule has 0 aromatic rings. The Morgan fingerprint density at radius 1 is 1.20 bits per heavy atom. The van der Waals surface area contributed by atoms with E-state index in [4.69, 9.17) is 33.2 Å². The zero-order valence-electron chi connectivity index (χ0n) is 5.49. The summed E-state index contributed by atoms with van der Waals surface area (Å²) in [6.07, 6.45) is 7.36. The largest absolute Gasteiger partial charge is 0.344 e. The van der Waals surface area contributed by atoms with E-state index in [1.807, 2.05) is 0 Å². The van der Waals surface area contributed by atoms with E-state index >= 15 is 0 Å². The third kappa shape index (κ3) is 2.46. The fraction of sp³-hybridized carbons (Fsp3) is 0.667. The molecule has 0 nitrogen and oxygen atoms in total. The molecule has 0 amide bonds. The van der Waals surface area contributed by atoms with Crippen molar-refractivity contribution in [2.75, 3.05) is 0 Å². The molecule has 0 aliphatic heterocycles. The summed E-state index contributed by atoms with van der Waals surface area (Å²) in [5, 5.41) is 0. The molecule has 1 rings (SSSR count). The van der Waals surface area contributed by atoms with Crippen LogP contribution in [-0.4, -0.2) is 6.00 Å². The molecule has 1 aliphatic rings. The first-order valence-electron chi connectivity index (χ1n) is 3.32. The molecule has 0 heterocycles. The van der Waals surface area contributed by atoms with Gasteiger partial charge < -0.3 is 0 Å². The molecule has 0 saturated heterocycles. The Kier molecular flexibility index (Phi) is 3.11. The Morgan fingerprint density at radius 2 is 1.90 bits per heavy atom. The molecule has 58 valence electrons. The van der Waals surface area contributed by atoms with Gasteiger partial charge in [-0.15, -0.1) is 33.2 Å². The molecule has 0 fully saturated rings. The fourth-order valence-corrected chi connectivity index (χ4v) is 3.77. The van der Waals surface area contributed by atoms with Gasteiger partial charge in [0.25, 0.3) is 0 Å². The number of rotatable bonds is 1. The van der Waals surface area contributed by atoms with Crippen LogP contribution in [0.15, 0.2) is 12.2 Å². The topological polar surface area (TPSA) is 0 Å². The SMILES string of the molecule is Cl[Si](Cl)(Cl)[C@H]1CC=CCC1. The van der Waals surface area contributed by atoms with Gasteiger partial charge in [0.15, 0.2) is 0 Å². The third-order valence-electron chi connectivity index (χ3n) is 1.73. The summed E-state index contributed by atoms with van der Waals surface area (Å²) in [6.45, 7) is 0. The molecule has 0 saturated carbocycles. The highest BCUT2D eigenvalue weighted by Crippen LogP contribution is 2.41. The highest BCUT2D eigenvalue weighted by molar-refractivity contribution is 7.65. The normalized spacial score (nSPS) is 26.9. The number of hydrogen-bond acceptors (Lipinski definition) is 0. The zero-order valence-corrected chi connectivity index (χ0v) is 8.76. The van der Waals surface area contributed by atoms with Gasteiger partial charge in [-0.3, -0.25) is 0 Å². The van der Waals surface area contributed by atoms with Crippen molar-refractivity contribution < 1.29 is 0 Å². The van der Waals surface area contributed by atoms with Crippen LogP contribution in [0.5, 0.6) is 0 Å². The maximum Gasteiger partial charge on any atom is 0.344 e. The third-order valence-corrected chi connectivity index (χ3v) is 5.96. The zero-order chi connectivity index (χ0) is 7.61. The lowest BCUT2D eigenvalue weighted by Gasteiger charge is -2.22. The summed E-state index contributed by atoms with van der Waals surface area (Å²) >= 11 is 17.5. The van der Waals surface area contributed by atoms with Crippen molar-refractivity contribution >= 4 is 39.2 Å². The van der Waals surface area contributed by atoms with Crippen molar-refractivity contribution in [2.45, 2.75) is 24.8 Å². The lowest BCUT2D eigenvalue weighted by Crippen LogP contribution is -2.20. The van der Waals surface area contributed by atoms with E-state index in [0.29, 0.717) is 5.54 Å². The molecule has 0 aromatic heterocycles. The highest BCUT2D eigenvalue weighted by atomic mass is 35.8. The first-order chi connectivity index (χ1) is 4.61. The lowest BCUT2D eigenvalue weighted by atomic mass is 10.1. The van der Waals surface area contributed by atoms with Crippen LogP contribution in [0.1, 0.15) is 19.3 Å². The maximum atomic E-state index is 5.85. The van der Waals surface area contributed by atoms with Gasteiger partial charge in [0.2, 0.25) is 0 Å². The Morgan fingerprint density at radius 3 is 2.20 bits per heavy atom. The summed E-state index contributed by atoms with van der Waals surface area (Å²) in [4.78, 5) is 0. The van der Waals surface area contributed by atoms with Crippen LogP contribution in [0.2, 0.25) is 5.54 Å². The molecule has 0 unspecified atom stereocenters. The molecule has 0 aromatic carbocycles. The Balaban J connectivity index is 2.49. The molecule has 0 spiro atoms. The quantitative estimate of drug-likeness (QED) is 0.355. The van der Waals surface area contributed by atoms with Gasteiger partial charge in [0, 0.05) is 0 Å². The van der Waals surface area contributed by atoms with E-state index in [9.17, 15) is 0 Å². The van der Waals surface area contributed by atoms with Gasteiger partial charge in [0.1, 0.15) is 0 Å². The summed E-state index contributed by atoms with van der Waals surface area (Å²) in [5.74, 6) is 0. The number of allylic oxidation sites excluding steroid dienone is 2. The molecule has 1 atom stereocenters. The average Bonchev–Trinajstić information content (AvgIpc) is 1.88. The van der Waals surface area contributed by atoms with E-state index in [-0.39, 0.29) is 0 Å². The summed E-state index contributed by atoms with van der Waals surface area (Å²) < 4.78 is 0. The average molecular weight is 216 g/mol. The van der Waals surface area contributed by atoms with Gasteiger partial charge in [0.05, 0.1) is 0 Å². The van der Waals surface area contributed by atoms with Crippen LogP contribution in [0.3, 0.4) is 0 Å². The Hall–Kier alpha value is 0.827. The number of halogens is 3. The Labute approximate surface area is 76.3 Å². The molecule has 4 heteroatoms. The highest BCUT2D eigenvalue weighted by Gasteiger charge is 2.35. The van der Waals surface area contributed by atoms with Crippen molar-refractivity contribution in [2.24, 2.45) is 0 Å². The smallest absolute Gasteiger partial charge is 0.126 e. The molecule has 0 bridgehead atoms. The van der Waals surface area contributed by atoms with Gasteiger partial charge in [-0.25, -0.2) is 0 Å². The second-order valence-corrected chi connectivity index (χ2v) is 11.5. The maximum absolute atomic E-state index is 5.85. The van der Waals surface area contributed by atoms with Crippen LogP contribution >= 0.6 is 33.2 Å². The predicted molar refractivity (Wildman–Crippen MR) is 50.1 cm³/mol. The minimum Gasteiger partial charge on any atom is -0.126 e. The van der Waals surface area contributed by atoms with E-state index in [1.54, 1.807) is 0 Å². The molecular formula is C6H9Cl3Si. The molecule has 0 radical (unpaired) electrons. The minimum absolute atomic E-state index is 0.350. The molecular weight excluding hydrogens is 207 g/mol. The van der Waals surface area contributed by atoms with E-state index in [0.717, 1.165) is 19.3 Å². The summed E-state index contributed by atoms with van der Waals surface area (Å²) in [7, 11) is 0. The van der Waals surface area contributed by atoms with E-state index in [1.165, 1.54) is 0 Å². The van der Waals surface area contributed by atoms with Crippen LogP contribution < -0.4 is 0 Å². The van der Waals surface area contributed by atoms with Crippen molar-refractivity contribution in [1.29, 1.82) is 0 Å². The lowest BCUT2D eigenvalue weighted by molar-refractivity contribution is 0.720. The second kappa shape index (κ2) is 3.48. The first kappa shape index (κ1) is 8.92. The van der Waals surface area contributed by atoms with Gasteiger partial charge >= 0.3 is 6.00 Å². The van der Waals surface area contributed by atoms with E-state index in [2.05, 4.69) is 12.2 Å². The van der Waals surface area contributed by atoms with Crippen LogP contribution in [-0.2, 0) is 0 Å². The second-order valence-electron chi connectivity index (χ2n) is 2.52. The van der Waals surface area contributed by atoms with Crippen LogP contribution in [0, 0.1) is 0 Å².